The van der Waals surface area contributed by atoms with E-state index in [9.17, 15) is 0 Å². The van der Waals surface area contributed by atoms with Crippen LogP contribution in [0.5, 0.6) is 5.75 Å². The van der Waals surface area contributed by atoms with E-state index in [-0.39, 0.29) is 7.43 Å². The molecule has 0 aliphatic rings. The Kier molecular flexibility index (Phi) is 4.81. The van der Waals surface area contributed by atoms with E-state index in [1.165, 1.54) is 10.9 Å². The van der Waals surface area contributed by atoms with Crippen LogP contribution in [-0.2, 0) is 0 Å². The van der Waals surface area contributed by atoms with E-state index in [0.29, 0.717) is 5.92 Å². The average molecular weight is 293 g/mol. The third kappa shape index (κ3) is 2.96. The topological polar surface area (TPSA) is 22.1 Å². The van der Waals surface area contributed by atoms with Gasteiger partial charge in [0.2, 0.25) is 0 Å². The molecule has 1 heterocycles. The normalized spacial score (nSPS) is 10.5. The van der Waals surface area contributed by atoms with Gasteiger partial charge in [-0.25, -0.2) is 4.98 Å². The fraction of sp³-hybridized carbons (Fsp3) is 0.250. The predicted molar refractivity (Wildman–Crippen MR) is 94.6 cm³/mol. The lowest BCUT2D eigenvalue weighted by Gasteiger charge is -2.13. The molecule has 0 aliphatic carbocycles. The second-order valence-electron chi connectivity index (χ2n) is 5.50. The first-order valence-corrected chi connectivity index (χ1v) is 7.23. The summed E-state index contributed by atoms with van der Waals surface area (Å²) in [7, 11) is 1.69. The summed E-state index contributed by atoms with van der Waals surface area (Å²) in [5.74, 6) is 1.29. The molecule has 2 aromatic carbocycles. The van der Waals surface area contributed by atoms with Gasteiger partial charge in [-0.3, -0.25) is 0 Å². The Hall–Kier alpha value is -2.35. The van der Waals surface area contributed by atoms with Gasteiger partial charge in [0.05, 0.1) is 18.3 Å². The number of pyridine rings is 1. The van der Waals surface area contributed by atoms with Crippen LogP contribution >= 0.6 is 0 Å². The number of nitrogens with zero attached hydrogens (tertiary/aromatic N) is 1. The summed E-state index contributed by atoms with van der Waals surface area (Å²) in [6.45, 7) is 4.43. The molecule has 0 spiro atoms. The average Bonchev–Trinajstić information content (AvgIpc) is 2.53. The molecule has 0 unspecified atom stereocenters. The van der Waals surface area contributed by atoms with Gasteiger partial charge in [0.25, 0.3) is 0 Å². The quantitative estimate of drug-likeness (QED) is 0.620. The largest absolute Gasteiger partial charge is 0.497 e. The number of hydrogen-bond donors (Lipinski definition) is 0. The molecule has 1 aromatic heterocycles. The zero-order valence-electron chi connectivity index (χ0n) is 12.6. The predicted octanol–water partition coefficient (Wildman–Crippen LogP) is 5.67. The first kappa shape index (κ1) is 16.0. The van der Waals surface area contributed by atoms with Crippen LogP contribution in [0.15, 0.2) is 54.6 Å². The molecule has 0 saturated heterocycles. The molecule has 22 heavy (non-hydrogen) atoms. The summed E-state index contributed by atoms with van der Waals surface area (Å²) < 4.78 is 5.33. The Balaban J connectivity index is 0.00000176. The fourth-order valence-electron chi connectivity index (χ4n) is 2.60. The van der Waals surface area contributed by atoms with E-state index in [0.717, 1.165) is 22.5 Å². The second kappa shape index (κ2) is 6.61. The molecule has 0 saturated carbocycles. The minimum absolute atomic E-state index is 0. The van der Waals surface area contributed by atoms with E-state index in [2.05, 4.69) is 38.1 Å². The minimum atomic E-state index is 0. The summed E-state index contributed by atoms with van der Waals surface area (Å²) in [5.41, 5.74) is 4.46. The number of benzene rings is 2. The van der Waals surface area contributed by atoms with E-state index >= 15 is 0 Å². The molecular formula is C20H23NO. The van der Waals surface area contributed by atoms with E-state index in [1.807, 2.05) is 30.3 Å². The summed E-state index contributed by atoms with van der Waals surface area (Å²) >= 11 is 0. The molecule has 0 bridgehead atoms. The van der Waals surface area contributed by atoms with Crippen LogP contribution in [0.2, 0.25) is 0 Å². The maximum atomic E-state index is 5.33. The Labute approximate surface area is 132 Å². The molecule has 0 fully saturated rings. The van der Waals surface area contributed by atoms with Gasteiger partial charge in [-0.1, -0.05) is 51.6 Å². The maximum Gasteiger partial charge on any atom is 0.121 e. The van der Waals surface area contributed by atoms with Crippen molar-refractivity contribution in [2.75, 3.05) is 7.11 Å². The van der Waals surface area contributed by atoms with Gasteiger partial charge in [-0.15, -0.1) is 0 Å². The molecular weight excluding hydrogens is 270 g/mol. The van der Waals surface area contributed by atoms with Gasteiger partial charge in [-0.2, -0.15) is 0 Å². The fourth-order valence-corrected chi connectivity index (χ4v) is 2.60. The summed E-state index contributed by atoms with van der Waals surface area (Å²) in [6.07, 6.45) is 0. The first-order valence-electron chi connectivity index (χ1n) is 7.23. The molecule has 3 rings (SSSR count). The number of aromatic nitrogens is 1. The lowest BCUT2D eigenvalue weighted by molar-refractivity contribution is 0.415. The molecule has 2 nitrogen and oxygen atoms in total. The van der Waals surface area contributed by atoms with Gasteiger partial charge < -0.3 is 4.74 Å². The Morgan fingerprint density at radius 2 is 1.68 bits per heavy atom. The summed E-state index contributed by atoms with van der Waals surface area (Å²) in [5, 5.41) is 1.20. The maximum absolute atomic E-state index is 5.33. The zero-order chi connectivity index (χ0) is 14.8. The number of fused-ring (bicyclic) bond motifs is 1. The smallest absolute Gasteiger partial charge is 0.121 e. The van der Waals surface area contributed by atoms with E-state index in [1.54, 1.807) is 7.11 Å². The van der Waals surface area contributed by atoms with Crippen LogP contribution in [0.4, 0.5) is 0 Å². The monoisotopic (exact) mass is 293 g/mol. The zero-order valence-corrected chi connectivity index (χ0v) is 12.6. The number of hydrogen-bond acceptors (Lipinski definition) is 2. The van der Waals surface area contributed by atoms with E-state index in [4.69, 9.17) is 9.72 Å². The molecule has 0 N–H and O–H groups in total. The van der Waals surface area contributed by atoms with Crippen molar-refractivity contribution in [3.05, 3.63) is 60.2 Å². The van der Waals surface area contributed by atoms with Gasteiger partial charge in [0.15, 0.2) is 0 Å². The lowest BCUT2D eigenvalue weighted by Crippen LogP contribution is -1.95. The van der Waals surface area contributed by atoms with Crippen molar-refractivity contribution < 1.29 is 4.74 Å². The Morgan fingerprint density at radius 3 is 2.32 bits per heavy atom. The van der Waals surface area contributed by atoms with Crippen molar-refractivity contribution in [1.82, 2.24) is 4.98 Å². The van der Waals surface area contributed by atoms with Gasteiger partial charge >= 0.3 is 0 Å². The van der Waals surface area contributed by atoms with Gasteiger partial charge in [0.1, 0.15) is 5.75 Å². The first-order chi connectivity index (χ1) is 10.2. The second-order valence-corrected chi connectivity index (χ2v) is 5.50. The molecule has 0 aliphatic heterocycles. The molecule has 3 aromatic rings. The van der Waals surface area contributed by atoms with Crippen LogP contribution in [0, 0.1) is 0 Å². The van der Waals surface area contributed by atoms with Crippen LogP contribution in [0.1, 0.15) is 32.8 Å². The number of ether oxygens (including phenoxy) is 1. The van der Waals surface area contributed by atoms with Crippen molar-refractivity contribution in [3.8, 4) is 17.0 Å². The SMILES string of the molecule is C.COc1ccc2c(C(C)C)cc(-c3ccccc3)nc2c1. The minimum Gasteiger partial charge on any atom is -0.497 e. The highest BCUT2D eigenvalue weighted by Crippen LogP contribution is 2.31. The van der Waals surface area contributed by atoms with E-state index < -0.39 is 0 Å². The molecule has 0 atom stereocenters. The Morgan fingerprint density at radius 1 is 0.955 bits per heavy atom. The molecule has 0 amide bonds. The Bertz CT molecular complexity index is 763. The van der Waals surface area contributed by atoms with Gasteiger partial charge in [0, 0.05) is 17.0 Å². The number of methoxy groups -OCH3 is 1. The highest BCUT2D eigenvalue weighted by molar-refractivity contribution is 5.86. The van der Waals surface area contributed by atoms with Crippen molar-refractivity contribution in [3.63, 3.8) is 0 Å². The van der Waals surface area contributed by atoms with Crippen LogP contribution in [0.25, 0.3) is 22.2 Å². The third-order valence-electron chi connectivity index (χ3n) is 3.74. The lowest BCUT2D eigenvalue weighted by atomic mass is 9.96. The van der Waals surface area contributed by atoms with Crippen molar-refractivity contribution >= 4 is 10.9 Å². The van der Waals surface area contributed by atoms with Crippen molar-refractivity contribution in [2.24, 2.45) is 0 Å². The van der Waals surface area contributed by atoms with Crippen molar-refractivity contribution in [1.29, 1.82) is 0 Å². The molecule has 0 radical (unpaired) electrons. The highest BCUT2D eigenvalue weighted by atomic mass is 16.5. The molecule has 114 valence electrons. The molecule has 2 heteroatoms. The third-order valence-corrected chi connectivity index (χ3v) is 3.74. The number of rotatable bonds is 3. The van der Waals surface area contributed by atoms with Crippen LogP contribution < -0.4 is 4.74 Å². The van der Waals surface area contributed by atoms with Crippen molar-refractivity contribution in [2.45, 2.75) is 27.2 Å². The highest BCUT2D eigenvalue weighted by Gasteiger charge is 2.11. The van der Waals surface area contributed by atoms with Crippen LogP contribution in [0.3, 0.4) is 0 Å². The van der Waals surface area contributed by atoms with Gasteiger partial charge in [-0.05, 0) is 29.7 Å². The summed E-state index contributed by atoms with van der Waals surface area (Å²) in [6, 6.07) is 18.6. The van der Waals surface area contributed by atoms with Crippen LogP contribution in [-0.4, -0.2) is 12.1 Å². The standard InChI is InChI=1S/C19H19NO.CH4/c1-13(2)17-12-18(14-7-5-4-6-8-14)20-19-11-15(21-3)9-10-16(17)19;/h4-13H,1-3H3;1H4. The summed E-state index contributed by atoms with van der Waals surface area (Å²) in [4.78, 5) is 4.82.